The molecule has 2 atom stereocenters. The maximum atomic E-state index is 12.4. The third-order valence-electron chi connectivity index (χ3n) is 5.33. The zero-order valence-electron chi connectivity index (χ0n) is 14.0. The minimum absolute atomic E-state index is 0.00352. The Morgan fingerprint density at radius 1 is 1.14 bits per heavy atom. The van der Waals surface area contributed by atoms with Crippen LogP contribution in [0.4, 0.5) is 4.79 Å². The average molecular weight is 330 g/mol. The molecule has 2 fully saturated rings. The molecule has 1 heterocycles. The van der Waals surface area contributed by atoms with Crippen LogP contribution < -0.4 is 5.32 Å². The summed E-state index contributed by atoms with van der Waals surface area (Å²) in [5.41, 5.74) is 0. The quantitative estimate of drug-likeness (QED) is 0.864. The summed E-state index contributed by atoms with van der Waals surface area (Å²) in [5, 5.41) is 2.76. The highest BCUT2D eigenvalue weighted by atomic mass is 32.2. The van der Waals surface area contributed by atoms with Crippen LogP contribution >= 0.6 is 0 Å². The van der Waals surface area contributed by atoms with Crippen molar-refractivity contribution in [2.45, 2.75) is 63.7 Å². The molecular weight excluding hydrogens is 300 g/mol. The highest BCUT2D eigenvalue weighted by Crippen LogP contribution is 2.26. The molecule has 2 aliphatic rings. The van der Waals surface area contributed by atoms with E-state index in [2.05, 4.69) is 19.2 Å². The summed E-state index contributed by atoms with van der Waals surface area (Å²) in [6, 6.07) is -0.00912. The lowest BCUT2D eigenvalue weighted by molar-refractivity contribution is 0.152. The van der Waals surface area contributed by atoms with Crippen LogP contribution in [0.5, 0.6) is 0 Å². The zero-order chi connectivity index (χ0) is 16.3. The summed E-state index contributed by atoms with van der Waals surface area (Å²) in [6.45, 7) is 6.12. The SMILES string of the molecule is CC(C)C1CCN(C(=O)N[C@@H]2CCC[C@H](S(C)(=O)=O)C2)CC1. The number of amides is 2. The third-order valence-corrected chi connectivity index (χ3v) is 6.97. The Morgan fingerprint density at radius 3 is 2.32 bits per heavy atom. The van der Waals surface area contributed by atoms with Gasteiger partial charge in [-0.2, -0.15) is 0 Å². The van der Waals surface area contributed by atoms with E-state index in [0.717, 1.165) is 45.2 Å². The number of nitrogens with one attached hydrogen (secondary N) is 1. The Kier molecular flexibility index (Phi) is 5.75. The first-order valence-corrected chi connectivity index (χ1v) is 10.5. The largest absolute Gasteiger partial charge is 0.335 e. The highest BCUT2D eigenvalue weighted by molar-refractivity contribution is 7.91. The van der Waals surface area contributed by atoms with Gasteiger partial charge in [0, 0.05) is 25.4 Å². The van der Waals surface area contributed by atoms with Crippen LogP contribution in [0.1, 0.15) is 52.4 Å². The Bertz CT molecular complexity index is 482. The first kappa shape index (κ1) is 17.6. The second-order valence-electron chi connectivity index (χ2n) is 7.33. The summed E-state index contributed by atoms with van der Waals surface area (Å²) in [5.74, 6) is 1.40. The number of hydrogen-bond donors (Lipinski definition) is 1. The van der Waals surface area contributed by atoms with E-state index in [4.69, 9.17) is 0 Å². The van der Waals surface area contributed by atoms with Crippen LogP contribution in [0.25, 0.3) is 0 Å². The number of nitrogens with zero attached hydrogens (tertiary/aromatic N) is 1. The maximum absolute atomic E-state index is 12.4. The van der Waals surface area contributed by atoms with Crippen molar-refractivity contribution in [3.05, 3.63) is 0 Å². The van der Waals surface area contributed by atoms with E-state index < -0.39 is 9.84 Å². The van der Waals surface area contributed by atoms with Crippen molar-refractivity contribution in [2.75, 3.05) is 19.3 Å². The summed E-state index contributed by atoms with van der Waals surface area (Å²) >= 11 is 0. The van der Waals surface area contributed by atoms with Crippen LogP contribution in [0, 0.1) is 11.8 Å². The minimum atomic E-state index is -3.00. The van der Waals surface area contributed by atoms with Crippen molar-refractivity contribution < 1.29 is 13.2 Å². The summed E-state index contributed by atoms with van der Waals surface area (Å²) < 4.78 is 23.4. The van der Waals surface area contributed by atoms with Crippen LogP contribution in [0.2, 0.25) is 0 Å². The Labute approximate surface area is 134 Å². The van der Waals surface area contributed by atoms with Crippen molar-refractivity contribution in [3.63, 3.8) is 0 Å². The van der Waals surface area contributed by atoms with E-state index >= 15 is 0 Å². The molecule has 2 amide bonds. The molecule has 0 aromatic heterocycles. The van der Waals surface area contributed by atoms with Gasteiger partial charge in [0.15, 0.2) is 0 Å². The number of piperidine rings is 1. The van der Waals surface area contributed by atoms with Gasteiger partial charge in [0.1, 0.15) is 9.84 Å². The molecule has 0 radical (unpaired) electrons. The van der Waals surface area contributed by atoms with Gasteiger partial charge in [-0.1, -0.05) is 20.3 Å². The highest BCUT2D eigenvalue weighted by Gasteiger charge is 2.31. The predicted molar refractivity (Wildman–Crippen MR) is 88.6 cm³/mol. The number of urea groups is 1. The molecule has 0 spiro atoms. The average Bonchev–Trinajstić information content (AvgIpc) is 2.46. The van der Waals surface area contributed by atoms with Crippen LogP contribution in [-0.2, 0) is 9.84 Å². The standard InChI is InChI=1S/C16H30N2O3S/c1-12(2)13-7-9-18(10-8-13)16(19)17-14-5-4-6-15(11-14)22(3,20)21/h12-15H,4-11H2,1-3H3,(H,17,19)/t14-,15+/m1/s1. The first-order chi connectivity index (χ1) is 10.3. The molecule has 1 saturated heterocycles. The van der Waals surface area contributed by atoms with Gasteiger partial charge in [-0.15, -0.1) is 0 Å². The number of sulfone groups is 1. The number of hydrogen-bond acceptors (Lipinski definition) is 3. The molecular formula is C16H30N2O3S. The fourth-order valence-electron chi connectivity index (χ4n) is 3.70. The lowest BCUT2D eigenvalue weighted by Crippen LogP contribution is -2.50. The number of carbonyl (C=O) groups is 1. The van der Waals surface area contributed by atoms with Gasteiger partial charge >= 0.3 is 6.03 Å². The lowest BCUT2D eigenvalue weighted by Gasteiger charge is -2.36. The Balaban J connectivity index is 1.82. The van der Waals surface area contributed by atoms with Gasteiger partial charge in [0.05, 0.1) is 5.25 Å². The molecule has 0 unspecified atom stereocenters. The van der Waals surface area contributed by atoms with Gasteiger partial charge in [-0.05, 0) is 43.9 Å². The van der Waals surface area contributed by atoms with E-state index in [1.807, 2.05) is 4.90 Å². The number of likely N-dealkylation sites (tertiary alicyclic amines) is 1. The van der Waals surface area contributed by atoms with Crippen LogP contribution in [-0.4, -0.2) is 50.0 Å². The van der Waals surface area contributed by atoms with E-state index in [9.17, 15) is 13.2 Å². The topological polar surface area (TPSA) is 66.5 Å². The molecule has 128 valence electrons. The van der Waals surface area contributed by atoms with Gasteiger partial charge in [-0.25, -0.2) is 13.2 Å². The Hall–Kier alpha value is -0.780. The molecule has 1 aliphatic heterocycles. The number of carbonyl (C=O) groups excluding carboxylic acids is 1. The monoisotopic (exact) mass is 330 g/mol. The molecule has 0 aromatic rings. The molecule has 1 N–H and O–H groups in total. The van der Waals surface area contributed by atoms with Gasteiger partial charge < -0.3 is 10.2 Å². The smallest absolute Gasteiger partial charge is 0.317 e. The maximum Gasteiger partial charge on any atom is 0.317 e. The normalized spacial score (nSPS) is 27.9. The third kappa shape index (κ3) is 4.61. The van der Waals surface area contributed by atoms with Crippen LogP contribution in [0.3, 0.4) is 0 Å². The van der Waals surface area contributed by atoms with Gasteiger partial charge in [-0.3, -0.25) is 0 Å². The molecule has 6 heteroatoms. The number of rotatable bonds is 3. The molecule has 5 nitrogen and oxygen atoms in total. The van der Waals surface area contributed by atoms with E-state index in [1.165, 1.54) is 6.26 Å². The summed E-state index contributed by atoms with van der Waals surface area (Å²) in [4.78, 5) is 14.3. The minimum Gasteiger partial charge on any atom is -0.335 e. The van der Waals surface area contributed by atoms with Crippen molar-refractivity contribution in [1.82, 2.24) is 10.2 Å². The van der Waals surface area contributed by atoms with E-state index in [1.54, 1.807) is 0 Å². The lowest BCUT2D eigenvalue weighted by atomic mass is 9.87. The molecule has 1 saturated carbocycles. The first-order valence-electron chi connectivity index (χ1n) is 8.51. The van der Waals surface area contributed by atoms with E-state index in [0.29, 0.717) is 18.3 Å². The molecule has 0 aromatic carbocycles. The summed E-state index contributed by atoms with van der Waals surface area (Å²) in [7, 11) is -3.00. The van der Waals surface area contributed by atoms with Crippen LogP contribution in [0.15, 0.2) is 0 Å². The molecule has 2 rings (SSSR count). The van der Waals surface area contributed by atoms with E-state index in [-0.39, 0.29) is 17.3 Å². The second kappa shape index (κ2) is 7.20. The zero-order valence-corrected chi connectivity index (χ0v) is 14.9. The predicted octanol–water partition coefficient (Wildman–Crippen LogP) is 2.42. The van der Waals surface area contributed by atoms with Crippen molar-refractivity contribution in [1.29, 1.82) is 0 Å². The van der Waals surface area contributed by atoms with Crippen molar-refractivity contribution >= 4 is 15.9 Å². The fourth-order valence-corrected chi connectivity index (χ4v) is 4.88. The molecule has 0 bridgehead atoms. The second-order valence-corrected chi connectivity index (χ2v) is 9.66. The summed E-state index contributed by atoms with van der Waals surface area (Å²) in [6.07, 6.45) is 6.50. The molecule has 1 aliphatic carbocycles. The molecule has 22 heavy (non-hydrogen) atoms. The van der Waals surface area contributed by atoms with Crippen molar-refractivity contribution in [2.24, 2.45) is 11.8 Å². The van der Waals surface area contributed by atoms with Crippen molar-refractivity contribution in [3.8, 4) is 0 Å². The van der Waals surface area contributed by atoms with Gasteiger partial charge in [0.2, 0.25) is 0 Å². The fraction of sp³-hybridized carbons (Fsp3) is 0.938. The Morgan fingerprint density at radius 2 is 1.77 bits per heavy atom. The van der Waals surface area contributed by atoms with Gasteiger partial charge in [0.25, 0.3) is 0 Å².